The molecule has 2 amide bonds. The first-order chi connectivity index (χ1) is 7.54. The number of nitrogens with two attached hydrogens (primary N) is 1. The molecule has 3 N–H and O–H groups in total. The molecule has 0 unspecified atom stereocenters. The molecule has 0 bridgehead atoms. The minimum absolute atomic E-state index is 0.0396. The van der Waals surface area contributed by atoms with E-state index in [4.69, 9.17) is 5.73 Å². The molecular weight excluding hydrogens is 279 g/mol. The highest BCUT2D eigenvalue weighted by Crippen LogP contribution is 2.16. The number of amides is 2. The first-order valence-electron chi connectivity index (χ1n) is 4.49. The maximum Gasteiger partial charge on any atom is 0.248 e. The molecule has 0 fully saturated rings. The summed E-state index contributed by atoms with van der Waals surface area (Å²) in [7, 11) is 0. The van der Waals surface area contributed by atoms with Gasteiger partial charge in [0.25, 0.3) is 0 Å². The van der Waals surface area contributed by atoms with Crippen molar-refractivity contribution in [2.75, 3.05) is 10.6 Å². The molecule has 0 atom stereocenters. The molecule has 0 aliphatic carbocycles. The number of rotatable bonds is 4. The number of alkyl halides is 1. The zero-order chi connectivity index (χ0) is 12.1. The first kappa shape index (κ1) is 12.6. The molecule has 1 aromatic carbocycles. The number of nitrogens with one attached hydrogen (secondary N) is 1. The highest BCUT2D eigenvalue weighted by atomic mass is 79.9. The van der Waals surface area contributed by atoms with E-state index in [1.54, 1.807) is 0 Å². The van der Waals surface area contributed by atoms with Crippen LogP contribution in [0.15, 0.2) is 18.2 Å². The molecule has 4 nitrogen and oxygen atoms in total. The number of halogens is 2. The Morgan fingerprint density at radius 1 is 1.44 bits per heavy atom. The van der Waals surface area contributed by atoms with Gasteiger partial charge in [-0.05, 0) is 18.2 Å². The van der Waals surface area contributed by atoms with Crippen LogP contribution in [-0.4, -0.2) is 17.1 Å². The van der Waals surface area contributed by atoms with Gasteiger partial charge in [-0.2, -0.15) is 0 Å². The molecule has 1 aromatic rings. The summed E-state index contributed by atoms with van der Waals surface area (Å²) >= 11 is 3.09. The average Bonchev–Trinajstić information content (AvgIpc) is 2.21. The van der Waals surface area contributed by atoms with Gasteiger partial charge in [0.2, 0.25) is 11.8 Å². The summed E-state index contributed by atoms with van der Waals surface area (Å²) in [6, 6.07) is 3.56. The van der Waals surface area contributed by atoms with Crippen LogP contribution in [0, 0.1) is 5.82 Å². The van der Waals surface area contributed by atoms with Gasteiger partial charge in [-0.15, -0.1) is 0 Å². The van der Waals surface area contributed by atoms with Crippen LogP contribution in [0.25, 0.3) is 0 Å². The largest absolute Gasteiger partial charge is 0.366 e. The van der Waals surface area contributed by atoms with Gasteiger partial charge in [-0.1, -0.05) is 15.9 Å². The molecule has 0 aliphatic rings. The van der Waals surface area contributed by atoms with E-state index in [0.29, 0.717) is 5.33 Å². The van der Waals surface area contributed by atoms with E-state index in [2.05, 4.69) is 21.2 Å². The second-order valence-corrected chi connectivity index (χ2v) is 3.84. The zero-order valence-electron chi connectivity index (χ0n) is 8.30. The van der Waals surface area contributed by atoms with E-state index < -0.39 is 11.7 Å². The number of hydrogen-bond donors (Lipinski definition) is 2. The molecule has 0 saturated heterocycles. The molecular formula is C10H10BrFN2O2. The fraction of sp³-hybridized carbons (Fsp3) is 0.200. The summed E-state index contributed by atoms with van der Waals surface area (Å²) in [5, 5.41) is 2.84. The van der Waals surface area contributed by atoms with Crippen LogP contribution in [0.1, 0.15) is 16.8 Å². The average molecular weight is 289 g/mol. The predicted molar refractivity (Wildman–Crippen MR) is 62.0 cm³/mol. The van der Waals surface area contributed by atoms with Crippen molar-refractivity contribution in [3.63, 3.8) is 0 Å². The Hall–Kier alpha value is -1.43. The standard InChI is InChI=1S/C10H10BrFN2O2/c11-4-3-9(15)14-8-5-6(10(13)16)1-2-7(8)12/h1-2,5H,3-4H2,(H2,13,16)(H,14,15). The van der Waals surface area contributed by atoms with Gasteiger partial charge < -0.3 is 11.1 Å². The van der Waals surface area contributed by atoms with Crippen LogP contribution >= 0.6 is 15.9 Å². The lowest BCUT2D eigenvalue weighted by Gasteiger charge is -2.06. The number of primary amides is 1. The third kappa shape index (κ3) is 3.30. The second-order valence-electron chi connectivity index (χ2n) is 3.05. The molecule has 0 heterocycles. The van der Waals surface area contributed by atoms with E-state index in [-0.39, 0.29) is 23.6 Å². The minimum Gasteiger partial charge on any atom is -0.366 e. The number of benzene rings is 1. The molecule has 86 valence electrons. The predicted octanol–water partition coefficient (Wildman–Crippen LogP) is 1.65. The summed E-state index contributed by atoms with van der Waals surface area (Å²) in [6.07, 6.45) is 0.222. The van der Waals surface area contributed by atoms with E-state index in [1.165, 1.54) is 12.1 Å². The molecule has 6 heteroatoms. The van der Waals surface area contributed by atoms with Gasteiger partial charge in [0, 0.05) is 17.3 Å². The van der Waals surface area contributed by atoms with E-state index >= 15 is 0 Å². The minimum atomic E-state index is -0.670. The van der Waals surface area contributed by atoms with Crippen molar-refractivity contribution in [3.05, 3.63) is 29.6 Å². The Morgan fingerprint density at radius 2 is 2.12 bits per heavy atom. The van der Waals surface area contributed by atoms with Gasteiger partial charge >= 0.3 is 0 Å². The zero-order valence-corrected chi connectivity index (χ0v) is 9.88. The normalized spacial score (nSPS) is 9.88. The molecule has 0 aromatic heterocycles. The summed E-state index contributed by atoms with van der Waals surface area (Å²) in [6.45, 7) is 0. The molecule has 1 rings (SSSR count). The Balaban J connectivity index is 2.90. The third-order valence-corrected chi connectivity index (χ3v) is 2.24. The van der Waals surface area contributed by atoms with Crippen molar-refractivity contribution in [1.82, 2.24) is 0 Å². The lowest BCUT2D eigenvalue weighted by Crippen LogP contribution is -2.15. The third-order valence-electron chi connectivity index (χ3n) is 1.85. The fourth-order valence-corrected chi connectivity index (χ4v) is 1.43. The van der Waals surface area contributed by atoms with Crippen molar-refractivity contribution in [1.29, 1.82) is 0 Å². The summed E-state index contributed by atoms with van der Waals surface area (Å²) < 4.78 is 13.3. The van der Waals surface area contributed by atoms with Gasteiger partial charge in [-0.25, -0.2) is 4.39 Å². The van der Waals surface area contributed by atoms with Crippen LogP contribution in [0.2, 0.25) is 0 Å². The van der Waals surface area contributed by atoms with Gasteiger partial charge in [0.05, 0.1) is 5.69 Å². The quantitative estimate of drug-likeness (QED) is 0.827. The Morgan fingerprint density at radius 3 is 2.69 bits per heavy atom. The molecule has 0 spiro atoms. The number of hydrogen-bond acceptors (Lipinski definition) is 2. The van der Waals surface area contributed by atoms with Crippen molar-refractivity contribution in [2.24, 2.45) is 5.73 Å². The summed E-state index contributed by atoms with van der Waals surface area (Å²) in [4.78, 5) is 22.1. The Kier molecular flexibility index (Phi) is 4.42. The monoisotopic (exact) mass is 288 g/mol. The maximum atomic E-state index is 13.3. The molecule has 16 heavy (non-hydrogen) atoms. The maximum absolute atomic E-state index is 13.3. The van der Waals surface area contributed by atoms with Gasteiger partial charge in [0.1, 0.15) is 5.82 Å². The Labute approximate surface area is 100 Å². The number of carbonyl (C=O) groups excluding carboxylic acids is 2. The fourth-order valence-electron chi connectivity index (χ4n) is 1.07. The van der Waals surface area contributed by atoms with E-state index in [1.807, 2.05) is 0 Å². The summed E-state index contributed by atoms with van der Waals surface area (Å²) in [5.41, 5.74) is 5.15. The van der Waals surface area contributed by atoms with Crippen molar-refractivity contribution < 1.29 is 14.0 Å². The smallest absolute Gasteiger partial charge is 0.248 e. The summed E-state index contributed by atoms with van der Waals surface area (Å²) in [5.74, 6) is -1.61. The van der Waals surface area contributed by atoms with Crippen molar-refractivity contribution in [2.45, 2.75) is 6.42 Å². The van der Waals surface area contributed by atoms with Crippen LogP contribution in [0.4, 0.5) is 10.1 Å². The lowest BCUT2D eigenvalue weighted by atomic mass is 10.2. The molecule has 0 saturated carbocycles. The molecule has 0 radical (unpaired) electrons. The van der Waals surface area contributed by atoms with Crippen LogP contribution in [0.3, 0.4) is 0 Å². The lowest BCUT2D eigenvalue weighted by molar-refractivity contribution is -0.115. The van der Waals surface area contributed by atoms with Crippen LogP contribution in [0.5, 0.6) is 0 Å². The second kappa shape index (κ2) is 5.60. The highest BCUT2D eigenvalue weighted by Gasteiger charge is 2.09. The van der Waals surface area contributed by atoms with Crippen molar-refractivity contribution in [3.8, 4) is 0 Å². The van der Waals surface area contributed by atoms with Crippen LogP contribution < -0.4 is 11.1 Å². The van der Waals surface area contributed by atoms with Gasteiger partial charge in [0.15, 0.2) is 0 Å². The van der Waals surface area contributed by atoms with E-state index in [9.17, 15) is 14.0 Å². The number of anilines is 1. The number of carbonyl (C=O) groups is 2. The SMILES string of the molecule is NC(=O)c1ccc(F)c(NC(=O)CCBr)c1. The first-order valence-corrected chi connectivity index (χ1v) is 5.62. The molecule has 0 aliphatic heterocycles. The topological polar surface area (TPSA) is 72.2 Å². The van der Waals surface area contributed by atoms with Crippen molar-refractivity contribution >= 4 is 33.4 Å². The highest BCUT2D eigenvalue weighted by molar-refractivity contribution is 9.09. The van der Waals surface area contributed by atoms with Crippen LogP contribution in [-0.2, 0) is 4.79 Å². The van der Waals surface area contributed by atoms with E-state index in [0.717, 1.165) is 6.07 Å². The Bertz CT molecular complexity index is 423. The van der Waals surface area contributed by atoms with Gasteiger partial charge in [-0.3, -0.25) is 9.59 Å².